The highest BCUT2D eigenvalue weighted by molar-refractivity contribution is 6.01. The van der Waals surface area contributed by atoms with Gasteiger partial charge in [0.1, 0.15) is 6.04 Å². The molecule has 0 aromatic rings. The van der Waals surface area contributed by atoms with Gasteiger partial charge in [0.05, 0.1) is 18.9 Å². The molecule has 2 fully saturated rings. The van der Waals surface area contributed by atoms with Crippen molar-refractivity contribution >= 4 is 36.0 Å². The van der Waals surface area contributed by atoms with Gasteiger partial charge in [-0.15, -0.1) is 0 Å². The highest BCUT2D eigenvalue weighted by Gasteiger charge is 2.28. The summed E-state index contributed by atoms with van der Waals surface area (Å²) in [5.41, 5.74) is 6.67. The maximum absolute atomic E-state index is 11.6. The van der Waals surface area contributed by atoms with E-state index >= 15 is 0 Å². The normalized spacial score (nSPS) is 25.1. The third kappa shape index (κ3) is 4.24. The zero-order chi connectivity index (χ0) is 16.1. The maximum atomic E-state index is 11.6. The molecular weight excluding hydrogens is 298 g/mol. The Bertz CT molecular complexity index is 544. The number of rotatable bonds is 4. The van der Waals surface area contributed by atoms with Gasteiger partial charge in [0, 0.05) is 6.21 Å². The molecule has 0 spiro atoms. The lowest BCUT2D eigenvalue weighted by Gasteiger charge is -2.22. The van der Waals surface area contributed by atoms with Gasteiger partial charge in [-0.25, -0.2) is 20.4 Å². The summed E-state index contributed by atoms with van der Waals surface area (Å²) >= 11 is 0. The fraction of sp³-hybridized carbons (Fsp3) is 0.400. The number of hydrazine groups is 1. The Kier molecular flexibility index (Phi) is 4.63. The van der Waals surface area contributed by atoms with Crippen LogP contribution < -0.4 is 32.2 Å². The van der Waals surface area contributed by atoms with Crippen LogP contribution in [0, 0.1) is 0 Å². The first-order valence-electron chi connectivity index (χ1n) is 6.23. The topological polar surface area (TPSA) is 170 Å². The highest BCUT2D eigenvalue weighted by Crippen LogP contribution is 1.97. The molecule has 0 aromatic carbocycles. The Labute approximate surface area is 123 Å². The summed E-state index contributed by atoms with van der Waals surface area (Å²) in [6, 6.07) is -2.89. The van der Waals surface area contributed by atoms with Gasteiger partial charge < -0.3 is 5.32 Å². The number of urea groups is 2. The number of nitrogens with one attached hydrogen (secondary N) is 6. The van der Waals surface area contributed by atoms with Gasteiger partial charge in [-0.1, -0.05) is 0 Å². The van der Waals surface area contributed by atoms with E-state index in [1.165, 1.54) is 6.21 Å². The smallest absolute Gasteiger partial charge is 0.329 e. The molecule has 0 radical (unpaired) electrons. The number of hydrogen-bond donors (Lipinski definition) is 6. The number of hydrogen-bond acceptors (Lipinski definition) is 7. The summed E-state index contributed by atoms with van der Waals surface area (Å²) in [6.07, 6.45) is 0.940. The zero-order valence-corrected chi connectivity index (χ0v) is 11.1. The Morgan fingerprint density at radius 1 is 1.23 bits per heavy atom. The average Bonchev–Trinajstić information content (AvgIpc) is 2.41. The predicted octanol–water partition coefficient (Wildman–Crippen LogP) is -3.21. The first kappa shape index (κ1) is 15.4. The van der Waals surface area contributed by atoms with Gasteiger partial charge in [-0.3, -0.25) is 30.4 Å². The lowest BCUT2D eigenvalue weighted by atomic mass is 10.2. The van der Waals surface area contributed by atoms with Crippen molar-refractivity contribution in [3.63, 3.8) is 0 Å². The Morgan fingerprint density at radius 2 is 2.00 bits per heavy atom. The Morgan fingerprint density at radius 3 is 2.68 bits per heavy atom. The molecule has 0 saturated carbocycles. The summed E-state index contributed by atoms with van der Waals surface area (Å²) in [4.78, 5) is 55.9. The van der Waals surface area contributed by atoms with Crippen molar-refractivity contribution in [1.29, 1.82) is 0 Å². The molecule has 0 aromatic heterocycles. The second-order valence-corrected chi connectivity index (χ2v) is 4.49. The number of nitrogens with zero attached hydrogens (tertiary/aromatic N) is 1. The molecule has 0 aliphatic carbocycles. The molecular formula is C10H13N7O5. The van der Waals surface area contributed by atoms with E-state index in [2.05, 4.69) is 26.7 Å². The summed E-state index contributed by atoms with van der Waals surface area (Å²) in [5.74, 6) is -1.68. The number of imide groups is 2. The van der Waals surface area contributed by atoms with Crippen molar-refractivity contribution in [2.24, 2.45) is 5.10 Å². The molecule has 0 bridgehead atoms. The van der Waals surface area contributed by atoms with E-state index in [0.29, 0.717) is 0 Å². The zero-order valence-electron chi connectivity index (χ0n) is 11.1. The first-order chi connectivity index (χ1) is 10.4. The largest absolute Gasteiger partial charge is 0.335 e. The third-order valence-corrected chi connectivity index (χ3v) is 2.72. The van der Waals surface area contributed by atoms with Crippen LogP contribution in [0.1, 0.15) is 12.8 Å². The van der Waals surface area contributed by atoms with Crippen LogP contribution >= 0.6 is 0 Å². The number of carbonyl (C=O) groups excluding carboxylic acids is 5. The molecule has 2 atom stereocenters. The van der Waals surface area contributed by atoms with E-state index in [4.69, 9.17) is 0 Å². The lowest BCUT2D eigenvalue weighted by Crippen LogP contribution is -2.63. The number of hydrazone groups is 1. The van der Waals surface area contributed by atoms with Crippen molar-refractivity contribution < 1.29 is 24.0 Å². The van der Waals surface area contributed by atoms with Crippen molar-refractivity contribution in [3.8, 4) is 0 Å². The van der Waals surface area contributed by atoms with Crippen LogP contribution in [0.15, 0.2) is 5.10 Å². The van der Waals surface area contributed by atoms with Gasteiger partial charge in [0.25, 0.3) is 0 Å². The quantitative estimate of drug-likeness (QED) is 0.236. The summed E-state index contributed by atoms with van der Waals surface area (Å²) in [6.45, 7) is 0. The van der Waals surface area contributed by atoms with Gasteiger partial charge in [0.2, 0.25) is 17.7 Å². The second kappa shape index (κ2) is 6.62. The van der Waals surface area contributed by atoms with E-state index < -0.39 is 41.9 Å². The third-order valence-electron chi connectivity index (χ3n) is 2.72. The van der Waals surface area contributed by atoms with Crippen LogP contribution in [0.3, 0.4) is 0 Å². The predicted molar refractivity (Wildman–Crippen MR) is 69.9 cm³/mol. The molecule has 6 N–H and O–H groups in total. The molecule has 2 heterocycles. The fourth-order valence-electron chi connectivity index (χ4n) is 1.75. The van der Waals surface area contributed by atoms with Crippen molar-refractivity contribution in [2.75, 3.05) is 0 Å². The molecule has 12 nitrogen and oxygen atoms in total. The Hall–Kier alpha value is -3.02. The molecule has 2 saturated heterocycles. The maximum Gasteiger partial charge on any atom is 0.335 e. The van der Waals surface area contributed by atoms with E-state index in [9.17, 15) is 24.0 Å². The highest BCUT2D eigenvalue weighted by atomic mass is 16.2. The van der Waals surface area contributed by atoms with Crippen LogP contribution in [0.2, 0.25) is 0 Å². The van der Waals surface area contributed by atoms with Gasteiger partial charge in [-0.2, -0.15) is 5.10 Å². The molecule has 2 aliphatic rings. The molecule has 118 valence electrons. The summed E-state index contributed by atoms with van der Waals surface area (Å²) in [7, 11) is 0. The van der Waals surface area contributed by atoms with Gasteiger partial charge >= 0.3 is 12.1 Å². The second-order valence-electron chi connectivity index (χ2n) is 4.49. The first-order valence-corrected chi connectivity index (χ1v) is 6.23. The molecule has 2 rings (SSSR count). The standard InChI is InChI=1S/C10H13N7O5/c18-6-1-4(12-9(21)13-6)3-11-16-7(19)2-5-8(20)14-10(22)17-15-5/h3-5,15H,1-2H2,(H,16,19)(H2,12,13,18,21)(H2,14,17,20,22)/b11-3+. The molecule has 2 unspecified atom stereocenters. The van der Waals surface area contributed by atoms with Crippen LogP contribution in [-0.2, 0) is 14.4 Å². The van der Waals surface area contributed by atoms with Crippen molar-refractivity contribution in [3.05, 3.63) is 0 Å². The van der Waals surface area contributed by atoms with E-state index in [-0.39, 0.29) is 12.8 Å². The molecule has 22 heavy (non-hydrogen) atoms. The lowest BCUT2D eigenvalue weighted by molar-refractivity contribution is -0.128. The fourth-order valence-corrected chi connectivity index (χ4v) is 1.75. The van der Waals surface area contributed by atoms with Crippen LogP contribution in [0.25, 0.3) is 0 Å². The molecule has 7 amide bonds. The Balaban J connectivity index is 1.76. The summed E-state index contributed by atoms with van der Waals surface area (Å²) in [5, 5.41) is 10.1. The molecule has 2 aliphatic heterocycles. The van der Waals surface area contributed by atoms with Gasteiger partial charge in [0.15, 0.2) is 0 Å². The van der Waals surface area contributed by atoms with Crippen LogP contribution in [-0.4, -0.2) is 48.1 Å². The minimum Gasteiger partial charge on any atom is -0.329 e. The van der Waals surface area contributed by atoms with E-state index in [0.717, 1.165) is 0 Å². The number of amides is 7. The monoisotopic (exact) mass is 311 g/mol. The minimum atomic E-state index is -0.923. The van der Waals surface area contributed by atoms with Crippen molar-refractivity contribution in [2.45, 2.75) is 24.9 Å². The van der Waals surface area contributed by atoms with E-state index in [1.807, 2.05) is 10.6 Å². The minimum absolute atomic E-state index is 0.00370. The van der Waals surface area contributed by atoms with Crippen molar-refractivity contribution in [1.82, 2.24) is 32.2 Å². The summed E-state index contributed by atoms with van der Waals surface area (Å²) < 4.78 is 0. The molecule has 12 heteroatoms. The number of carbonyl (C=O) groups is 5. The van der Waals surface area contributed by atoms with Crippen LogP contribution in [0.4, 0.5) is 9.59 Å². The SMILES string of the molecule is O=C(CC1NNC(=O)NC1=O)N/N=C/C1CC(=O)NC(=O)N1. The van der Waals surface area contributed by atoms with Gasteiger partial charge in [-0.05, 0) is 0 Å². The van der Waals surface area contributed by atoms with E-state index in [1.54, 1.807) is 0 Å². The average molecular weight is 311 g/mol. The van der Waals surface area contributed by atoms with Crippen LogP contribution in [0.5, 0.6) is 0 Å².